The Hall–Kier alpha value is -0.610. The van der Waals surface area contributed by atoms with Gasteiger partial charge in [-0.15, -0.1) is 24.0 Å². The second kappa shape index (κ2) is 13.9. The molecule has 3 aliphatic rings. The van der Waals surface area contributed by atoms with Crippen LogP contribution in [0.5, 0.6) is 0 Å². The van der Waals surface area contributed by atoms with Crippen LogP contribution in [-0.4, -0.2) is 86.2 Å². The minimum atomic E-state index is -0.0211. The molecule has 3 rings (SSSR count). The monoisotopic (exact) mass is 563 g/mol. The zero-order chi connectivity index (χ0) is 22.1. The van der Waals surface area contributed by atoms with Gasteiger partial charge in [-0.3, -0.25) is 14.7 Å². The number of nitrogens with zero attached hydrogens (tertiary/aromatic N) is 3. The van der Waals surface area contributed by atoms with Gasteiger partial charge in [0, 0.05) is 18.1 Å². The first-order valence-electron chi connectivity index (χ1n) is 12.7. The van der Waals surface area contributed by atoms with Crippen molar-refractivity contribution in [1.82, 2.24) is 20.4 Å². The molecule has 2 N–H and O–H groups in total. The number of hydrogen-bond donors (Lipinski definition) is 2. The Morgan fingerprint density at radius 3 is 2.28 bits per heavy atom. The molecule has 32 heavy (non-hydrogen) atoms. The van der Waals surface area contributed by atoms with Gasteiger partial charge in [-0.25, -0.2) is 0 Å². The smallest absolute Gasteiger partial charge is 0.308 e. The zero-order valence-electron chi connectivity index (χ0n) is 20.5. The number of piperidine rings is 2. The Morgan fingerprint density at radius 2 is 1.69 bits per heavy atom. The van der Waals surface area contributed by atoms with E-state index in [1.807, 2.05) is 6.92 Å². The van der Waals surface area contributed by atoms with Gasteiger partial charge in [0.05, 0.1) is 19.1 Å². The van der Waals surface area contributed by atoms with Crippen LogP contribution >= 0.6 is 24.0 Å². The molecule has 186 valence electrons. The summed E-state index contributed by atoms with van der Waals surface area (Å²) in [6, 6.07) is 0.381. The summed E-state index contributed by atoms with van der Waals surface area (Å²) in [5.74, 6) is 0.990. The van der Waals surface area contributed by atoms with E-state index in [2.05, 4.69) is 34.4 Å². The Balaban J connectivity index is 0.00000363. The number of hydrogen-bond acceptors (Lipinski definition) is 5. The first kappa shape index (κ1) is 27.6. The van der Waals surface area contributed by atoms with Crippen LogP contribution in [-0.2, 0) is 9.53 Å². The van der Waals surface area contributed by atoms with Gasteiger partial charge in [0.2, 0.25) is 0 Å². The molecular formula is C24H46IN5O2. The van der Waals surface area contributed by atoms with Crippen molar-refractivity contribution in [3.8, 4) is 0 Å². The van der Waals surface area contributed by atoms with Crippen molar-refractivity contribution in [3.05, 3.63) is 0 Å². The van der Waals surface area contributed by atoms with Gasteiger partial charge in [-0.1, -0.05) is 6.42 Å². The molecule has 1 aliphatic carbocycles. The average molecular weight is 564 g/mol. The number of guanidine groups is 1. The van der Waals surface area contributed by atoms with E-state index in [1.54, 1.807) is 0 Å². The molecule has 0 spiro atoms. The van der Waals surface area contributed by atoms with Gasteiger partial charge in [-0.05, 0) is 98.4 Å². The van der Waals surface area contributed by atoms with Crippen molar-refractivity contribution in [1.29, 1.82) is 0 Å². The highest BCUT2D eigenvalue weighted by molar-refractivity contribution is 14.0. The van der Waals surface area contributed by atoms with Gasteiger partial charge in [0.1, 0.15) is 0 Å². The van der Waals surface area contributed by atoms with E-state index in [-0.39, 0.29) is 41.4 Å². The number of ether oxygens (including phenoxy) is 1. The number of nitrogens with one attached hydrogen (secondary N) is 2. The van der Waals surface area contributed by atoms with Crippen molar-refractivity contribution in [2.45, 2.75) is 83.2 Å². The molecule has 0 atom stereocenters. The maximum Gasteiger partial charge on any atom is 0.308 e. The molecule has 3 fully saturated rings. The molecule has 0 aromatic rings. The molecule has 8 heteroatoms. The lowest BCUT2D eigenvalue weighted by atomic mass is 9.84. The highest BCUT2D eigenvalue weighted by Crippen LogP contribution is 2.32. The highest BCUT2D eigenvalue weighted by atomic mass is 127. The summed E-state index contributed by atoms with van der Waals surface area (Å²) in [5, 5.41) is 7.15. The van der Waals surface area contributed by atoms with Gasteiger partial charge in [0.15, 0.2) is 5.96 Å². The molecule has 7 nitrogen and oxygen atoms in total. The lowest BCUT2D eigenvalue weighted by Crippen LogP contribution is -2.58. The summed E-state index contributed by atoms with van der Waals surface area (Å²) in [6.07, 6.45) is 10.2. The number of likely N-dealkylation sites (tertiary alicyclic amines) is 2. The highest BCUT2D eigenvalue weighted by Gasteiger charge is 2.39. The fourth-order valence-electron chi connectivity index (χ4n) is 5.45. The molecule has 0 bridgehead atoms. The van der Waals surface area contributed by atoms with Crippen molar-refractivity contribution in [2.24, 2.45) is 10.9 Å². The van der Waals surface area contributed by atoms with Crippen molar-refractivity contribution >= 4 is 35.9 Å². The largest absolute Gasteiger partial charge is 0.466 e. The molecule has 2 saturated heterocycles. The van der Waals surface area contributed by atoms with Crippen LogP contribution in [0.25, 0.3) is 0 Å². The van der Waals surface area contributed by atoms with Gasteiger partial charge in [0.25, 0.3) is 0 Å². The standard InChI is InChI=1S/C24H45N5O2.HI/c1-4-25-23(27-21-11-9-20(10-12-21)22(30)31-5-2)26-19-24(13-17-28(3)18-14-24)29-15-7-6-8-16-29;/h20-21H,4-19H2,1-3H3,(H2,25,26,27);1H. The summed E-state index contributed by atoms with van der Waals surface area (Å²) in [5.41, 5.74) is 0.205. The molecule has 2 heterocycles. The summed E-state index contributed by atoms with van der Waals surface area (Å²) in [6.45, 7) is 11.0. The number of carbonyl (C=O) groups is 1. The number of esters is 1. The van der Waals surface area contributed by atoms with Gasteiger partial charge < -0.3 is 20.3 Å². The third-order valence-corrected chi connectivity index (χ3v) is 7.51. The van der Waals surface area contributed by atoms with Crippen LogP contribution in [0.2, 0.25) is 0 Å². The summed E-state index contributed by atoms with van der Waals surface area (Å²) < 4.78 is 5.21. The van der Waals surface area contributed by atoms with Crippen molar-refractivity contribution < 1.29 is 9.53 Å². The van der Waals surface area contributed by atoms with E-state index in [0.717, 1.165) is 57.8 Å². The minimum Gasteiger partial charge on any atom is -0.466 e. The number of halogens is 1. The molecular weight excluding hydrogens is 517 g/mol. The second-order valence-electron chi connectivity index (χ2n) is 9.72. The Labute approximate surface area is 212 Å². The zero-order valence-corrected chi connectivity index (χ0v) is 22.9. The third-order valence-electron chi connectivity index (χ3n) is 7.51. The fraction of sp³-hybridized carbons (Fsp3) is 0.917. The lowest BCUT2D eigenvalue weighted by molar-refractivity contribution is -0.149. The molecule has 0 amide bonds. The summed E-state index contributed by atoms with van der Waals surface area (Å²) in [7, 11) is 2.24. The van der Waals surface area contributed by atoms with E-state index in [0.29, 0.717) is 12.6 Å². The van der Waals surface area contributed by atoms with Crippen molar-refractivity contribution in [2.75, 3.05) is 52.9 Å². The number of carbonyl (C=O) groups excluding carboxylic acids is 1. The van der Waals surface area contributed by atoms with Crippen LogP contribution in [0.15, 0.2) is 4.99 Å². The van der Waals surface area contributed by atoms with E-state index in [1.165, 1.54) is 45.2 Å². The number of aliphatic imine (C=N–C) groups is 1. The Bertz CT molecular complexity index is 581. The van der Waals surface area contributed by atoms with Crippen LogP contribution in [0, 0.1) is 5.92 Å². The van der Waals surface area contributed by atoms with Crippen LogP contribution in [0.1, 0.15) is 71.6 Å². The van der Waals surface area contributed by atoms with Crippen LogP contribution in [0.3, 0.4) is 0 Å². The summed E-state index contributed by atoms with van der Waals surface area (Å²) >= 11 is 0. The normalized spacial score (nSPS) is 27.3. The summed E-state index contributed by atoms with van der Waals surface area (Å²) in [4.78, 5) is 22.4. The SMILES string of the molecule is CCNC(=NCC1(N2CCCCC2)CCN(C)CC1)NC1CCC(C(=O)OCC)CC1.I. The minimum absolute atomic E-state index is 0. The average Bonchev–Trinajstić information content (AvgIpc) is 2.80. The quantitative estimate of drug-likeness (QED) is 0.215. The molecule has 0 radical (unpaired) electrons. The van der Waals surface area contributed by atoms with Gasteiger partial charge in [-0.2, -0.15) is 0 Å². The fourth-order valence-corrected chi connectivity index (χ4v) is 5.45. The molecule has 1 saturated carbocycles. The molecule has 0 aromatic heterocycles. The predicted molar refractivity (Wildman–Crippen MR) is 142 cm³/mol. The first-order chi connectivity index (χ1) is 15.1. The molecule has 2 aliphatic heterocycles. The topological polar surface area (TPSA) is 69.2 Å². The lowest BCUT2D eigenvalue weighted by Gasteiger charge is -2.49. The van der Waals surface area contributed by atoms with E-state index < -0.39 is 0 Å². The predicted octanol–water partition coefficient (Wildman–Crippen LogP) is 3.23. The second-order valence-corrected chi connectivity index (χ2v) is 9.72. The Kier molecular flexibility index (Phi) is 12.0. The maximum absolute atomic E-state index is 12.0. The molecule has 0 unspecified atom stereocenters. The van der Waals surface area contributed by atoms with Crippen LogP contribution < -0.4 is 10.6 Å². The molecule has 0 aromatic carbocycles. The Morgan fingerprint density at radius 1 is 1.03 bits per heavy atom. The first-order valence-corrected chi connectivity index (χ1v) is 12.7. The third kappa shape index (κ3) is 7.72. The van der Waals surface area contributed by atoms with E-state index in [4.69, 9.17) is 9.73 Å². The van der Waals surface area contributed by atoms with Crippen molar-refractivity contribution in [3.63, 3.8) is 0 Å². The van der Waals surface area contributed by atoms with E-state index >= 15 is 0 Å². The van der Waals surface area contributed by atoms with E-state index in [9.17, 15) is 4.79 Å². The number of rotatable bonds is 7. The maximum atomic E-state index is 12.0. The van der Waals surface area contributed by atoms with Crippen LogP contribution in [0.4, 0.5) is 0 Å². The van der Waals surface area contributed by atoms with Gasteiger partial charge >= 0.3 is 5.97 Å².